The van der Waals surface area contributed by atoms with E-state index in [4.69, 9.17) is 10.00 Å². The first kappa shape index (κ1) is 16.1. The van der Waals surface area contributed by atoms with Crippen LogP contribution in [0.5, 0.6) is 5.75 Å². The molecule has 0 aliphatic carbocycles. The van der Waals surface area contributed by atoms with Crippen LogP contribution in [0.2, 0.25) is 0 Å². The molecule has 2 aromatic rings. The number of benzene rings is 2. The van der Waals surface area contributed by atoms with Crippen LogP contribution in [0.4, 0.5) is 0 Å². The normalized spacial score (nSPS) is 14.9. The molecule has 0 atom stereocenters. The van der Waals surface area contributed by atoms with Gasteiger partial charge in [0.05, 0.1) is 11.6 Å². The van der Waals surface area contributed by atoms with E-state index in [-0.39, 0.29) is 12.0 Å². The third-order valence-corrected chi connectivity index (χ3v) is 4.26. The third kappa shape index (κ3) is 3.75. The Morgan fingerprint density at radius 1 is 1.17 bits per heavy atom. The summed E-state index contributed by atoms with van der Waals surface area (Å²) >= 11 is 0. The van der Waals surface area contributed by atoms with Gasteiger partial charge in [0.2, 0.25) is 0 Å². The van der Waals surface area contributed by atoms with Gasteiger partial charge in [-0.1, -0.05) is 18.2 Å². The van der Waals surface area contributed by atoms with Crippen molar-refractivity contribution in [3.05, 3.63) is 65.2 Å². The number of amides is 1. The van der Waals surface area contributed by atoms with Gasteiger partial charge in [0.25, 0.3) is 5.91 Å². The van der Waals surface area contributed by atoms with Crippen LogP contribution >= 0.6 is 0 Å². The highest BCUT2D eigenvalue weighted by atomic mass is 16.5. The molecule has 3 rings (SSSR count). The Labute approximate surface area is 142 Å². The summed E-state index contributed by atoms with van der Waals surface area (Å²) in [5, 5.41) is 8.96. The van der Waals surface area contributed by atoms with Crippen molar-refractivity contribution in [3.63, 3.8) is 0 Å². The van der Waals surface area contributed by atoms with E-state index in [1.807, 2.05) is 36.1 Å². The Balaban J connectivity index is 1.58. The van der Waals surface area contributed by atoms with Crippen molar-refractivity contribution in [2.45, 2.75) is 25.9 Å². The summed E-state index contributed by atoms with van der Waals surface area (Å²) in [7, 11) is 0. The lowest BCUT2D eigenvalue weighted by Crippen LogP contribution is -2.41. The molecule has 1 saturated heterocycles. The Hall–Kier alpha value is -2.80. The molecule has 24 heavy (non-hydrogen) atoms. The van der Waals surface area contributed by atoms with Crippen LogP contribution in [0.25, 0.3) is 0 Å². The molecule has 4 heteroatoms. The van der Waals surface area contributed by atoms with E-state index < -0.39 is 0 Å². The largest absolute Gasteiger partial charge is 0.490 e. The number of carbonyl (C=O) groups excluding carboxylic acids is 1. The van der Waals surface area contributed by atoms with Gasteiger partial charge >= 0.3 is 0 Å². The first-order valence-electron chi connectivity index (χ1n) is 8.18. The topological polar surface area (TPSA) is 53.3 Å². The van der Waals surface area contributed by atoms with Crippen LogP contribution in [0.15, 0.2) is 48.5 Å². The zero-order valence-corrected chi connectivity index (χ0v) is 13.7. The van der Waals surface area contributed by atoms with Gasteiger partial charge in [0, 0.05) is 31.5 Å². The summed E-state index contributed by atoms with van der Waals surface area (Å²) in [5.41, 5.74) is 2.27. The van der Waals surface area contributed by atoms with Crippen LogP contribution in [0.1, 0.15) is 34.3 Å². The lowest BCUT2D eigenvalue weighted by molar-refractivity contribution is 0.0595. The molecule has 1 amide bonds. The monoisotopic (exact) mass is 320 g/mol. The van der Waals surface area contributed by atoms with Gasteiger partial charge in [0.1, 0.15) is 11.9 Å². The summed E-state index contributed by atoms with van der Waals surface area (Å²) in [6.45, 7) is 3.39. The van der Waals surface area contributed by atoms with Crippen LogP contribution in [-0.2, 0) is 0 Å². The van der Waals surface area contributed by atoms with Gasteiger partial charge in [0.15, 0.2) is 0 Å². The number of nitriles is 1. The van der Waals surface area contributed by atoms with Gasteiger partial charge < -0.3 is 9.64 Å². The number of piperidine rings is 1. The second-order valence-electron chi connectivity index (χ2n) is 6.12. The van der Waals surface area contributed by atoms with Crippen LogP contribution in [0, 0.1) is 18.3 Å². The number of aryl methyl sites for hydroxylation is 1. The summed E-state index contributed by atoms with van der Waals surface area (Å²) in [6, 6.07) is 17.0. The zero-order valence-electron chi connectivity index (χ0n) is 13.7. The number of nitrogens with zero attached hydrogens (tertiary/aromatic N) is 2. The Morgan fingerprint density at radius 2 is 1.92 bits per heavy atom. The third-order valence-electron chi connectivity index (χ3n) is 4.26. The first-order chi connectivity index (χ1) is 11.7. The molecule has 1 heterocycles. The molecule has 0 spiro atoms. The highest BCUT2D eigenvalue weighted by Gasteiger charge is 2.24. The zero-order chi connectivity index (χ0) is 16.9. The SMILES string of the molecule is Cc1cccc(OC2CCN(C(=O)c3cccc(C#N)c3)CC2)c1. The number of rotatable bonds is 3. The average Bonchev–Trinajstić information content (AvgIpc) is 2.62. The maximum Gasteiger partial charge on any atom is 0.253 e. The van der Waals surface area contributed by atoms with Gasteiger partial charge in [-0.25, -0.2) is 0 Å². The fourth-order valence-electron chi connectivity index (χ4n) is 2.96. The predicted molar refractivity (Wildman–Crippen MR) is 91.9 cm³/mol. The van der Waals surface area contributed by atoms with Crippen molar-refractivity contribution in [1.29, 1.82) is 5.26 Å². The molecule has 0 aromatic heterocycles. The molecule has 1 aliphatic rings. The lowest BCUT2D eigenvalue weighted by atomic mass is 10.1. The number of hydrogen-bond donors (Lipinski definition) is 0. The van der Waals surface area contributed by atoms with Gasteiger partial charge in [-0.05, 0) is 42.8 Å². The smallest absolute Gasteiger partial charge is 0.253 e. The van der Waals surface area contributed by atoms with Crippen LogP contribution in [-0.4, -0.2) is 30.0 Å². The summed E-state index contributed by atoms with van der Waals surface area (Å²) in [6.07, 6.45) is 1.77. The molecule has 0 saturated carbocycles. The van der Waals surface area contributed by atoms with Crippen molar-refractivity contribution >= 4 is 5.91 Å². The van der Waals surface area contributed by atoms with E-state index in [2.05, 4.69) is 6.07 Å². The quantitative estimate of drug-likeness (QED) is 0.869. The van der Waals surface area contributed by atoms with Crippen molar-refractivity contribution in [2.75, 3.05) is 13.1 Å². The minimum Gasteiger partial charge on any atom is -0.490 e. The number of ether oxygens (including phenoxy) is 1. The van der Waals surface area contributed by atoms with Crippen molar-refractivity contribution in [1.82, 2.24) is 4.90 Å². The van der Waals surface area contributed by atoms with Crippen molar-refractivity contribution in [2.24, 2.45) is 0 Å². The average molecular weight is 320 g/mol. The minimum atomic E-state index is -0.0129. The molecular weight excluding hydrogens is 300 g/mol. The van der Waals surface area contributed by atoms with E-state index in [0.717, 1.165) is 18.6 Å². The van der Waals surface area contributed by atoms with Crippen molar-refractivity contribution < 1.29 is 9.53 Å². The highest BCUT2D eigenvalue weighted by molar-refractivity contribution is 5.94. The molecule has 0 unspecified atom stereocenters. The van der Waals surface area contributed by atoms with E-state index >= 15 is 0 Å². The molecule has 0 bridgehead atoms. The van der Waals surface area contributed by atoms with Crippen LogP contribution in [0.3, 0.4) is 0 Å². The maximum absolute atomic E-state index is 12.6. The second kappa shape index (κ2) is 7.18. The Bertz CT molecular complexity index is 771. The van der Waals surface area contributed by atoms with Gasteiger partial charge in [-0.3, -0.25) is 4.79 Å². The summed E-state index contributed by atoms with van der Waals surface area (Å²) < 4.78 is 6.03. The molecule has 4 nitrogen and oxygen atoms in total. The predicted octanol–water partition coefficient (Wildman–Crippen LogP) is 3.55. The van der Waals surface area contributed by atoms with Crippen molar-refractivity contribution in [3.8, 4) is 11.8 Å². The van der Waals surface area contributed by atoms with Gasteiger partial charge in [-0.15, -0.1) is 0 Å². The Kier molecular flexibility index (Phi) is 4.81. The number of likely N-dealkylation sites (tertiary alicyclic amines) is 1. The molecule has 122 valence electrons. The van der Waals surface area contributed by atoms with E-state index in [1.54, 1.807) is 24.3 Å². The van der Waals surface area contributed by atoms with Gasteiger partial charge in [-0.2, -0.15) is 5.26 Å². The maximum atomic E-state index is 12.6. The standard InChI is InChI=1S/C20H20N2O2/c1-15-4-2-7-19(12-15)24-18-8-10-22(11-9-18)20(23)17-6-3-5-16(13-17)14-21/h2-7,12-13,18H,8-11H2,1H3. The first-order valence-corrected chi connectivity index (χ1v) is 8.18. The summed E-state index contributed by atoms with van der Waals surface area (Å²) in [4.78, 5) is 14.4. The van der Waals surface area contributed by atoms with E-state index in [1.165, 1.54) is 5.56 Å². The second-order valence-corrected chi connectivity index (χ2v) is 6.12. The molecule has 2 aromatic carbocycles. The molecule has 0 N–H and O–H groups in total. The number of hydrogen-bond acceptors (Lipinski definition) is 3. The molecule has 1 aliphatic heterocycles. The fraction of sp³-hybridized carbons (Fsp3) is 0.300. The molecular formula is C20H20N2O2. The van der Waals surface area contributed by atoms with E-state index in [0.29, 0.717) is 24.2 Å². The summed E-state index contributed by atoms with van der Waals surface area (Å²) in [5.74, 6) is 0.877. The molecule has 0 radical (unpaired) electrons. The van der Waals surface area contributed by atoms with E-state index in [9.17, 15) is 4.79 Å². The highest BCUT2D eigenvalue weighted by Crippen LogP contribution is 2.21. The van der Waals surface area contributed by atoms with Crippen LogP contribution < -0.4 is 4.74 Å². The lowest BCUT2D eigenvalue weighted by Gasteiger charge is -2.32. The number of carbonyl (C=O) groups is 1. The fourth-order valence-corrected chi connectivity index (χ4v) is 2.96. The Morgan fingerprint density at radius 3 is 2.62 bits per heavy atom. The molecule has 1 fully saturated rings. The minimum absolute atomic E-state index is 0.0129.